The SMILES string of the molecule is CC(C)(C)OC(=O)N1CCOC[C@@H]1CNC(=O)C12CN(c3ccc(C#N)c4ncccc34)CC1(C(F)(F)F)C2. The van der Waals surface area contributed by atoms with Crippen molar-refractivity contribution in [2.45, 2.75) is 45.0 Å². The van der Waals surface area contributed by atoms with Crippen molar-refractivity contribution in [2.75, 3.05) is 44.3 Å². The van der Waals surface area contributed by atoms with Crippen LogP contribution in [0.1, 0.15) is 32.8 Å². The van der Waals surface area contributed by atoms with Crippen molar-refractivity contribution in [1.82, 2.24) is 15.2 Å². The van der Waals surface area contributed by atoms with Crippen molar-refractivity contribution in [3.8, 4) is 6.07 Å². The van der Waals surface area contributed by atoms with Gasteiger partial charge in [0.25, 0.3) is 0 Å². The van der Waals surface area contributed by atoms with Gasteiger partial charge in [-0.3, -0.25) is 14.7 Å². The number of halogens is 3. The Bertz CT molecular complexity index is 1350. The summed E-state index contributed by atoms with van der Waals surface area (Å²) in [6, 6.07) is 8.01. The Morgan fingerprint density at radius 2 is 2.03 bits per heavy atom. The van der Waals surface area contributed by atoms with E-state index in [-0.39, 0.29) is 39.2 Å². The first-order valence-electron chi connectivity index (χ1n) is 12.8. The van der Waals surface area contributed by atoms with Crippen molar-refractivity contribution >= 4 is 28.6 Å². The van der Waals surface area contributed by atoms with Crippen LogP contribution in [0.5, 0.6) is 0 Å². The molecule has 0 radical (unpaired) electrons. The van der Waals surface area contributed by atoms with Crippen LogP contribution in [0.3, 0.4) is 0 Å². The van der Waals surface area contributed by atoms with E-state index in [0.717, 1.165) is 0 Å². The third kappa shape index (κ3) is 4.52. The number of fused-ring (bicyclic) bond motifs is 2. The molecule has 2 amide bonds. The predicted molar refractivity (Wildman–Crippen MR) is 135 cm³/mol. The van der Waals surface area contributed by atoms with Crippen LogP contribution in [0.2, 0.25) is 0 Å². The third-order valence-corrected chi connectivity index (χ3v) is 7.86. The summed E-state index contributed by atoms with van der Waals surface area (Å²) in [4.78, 5) is 33.4. The molecular formula is C27H30F3N5O4. The number of nitrogens with one attached hydrogen (secondary N) is 1. The largest absolute Gasteiger partial charge is 0.444 e. The van der Waals surface area contributed by atoms with Crippen LogP contribution in [0, 0.1) is 22.2 Å². The van der Waals surface area contributed by atoms with E-state index in [1.54, 1.807) is 43.9 Å². The minimum Gasteiger partial charge on any atom is -0.444 e. The summed E-state index contributed by atoms with van der Waals surface area (Å²) in [6.45, 7) is 5.33. The Kier molecular flexibility index (Phi) is 6.41. The molecular weight excluding hydrogens is 515 g/mol. The molecule has 2 aliphatic heterocycles. The van der Waals surface area contributed by atoms with Gasteiger partial charge in [-0.1, -0.05) is 0 Å². The van der Waals surface area contributed by atoms with E-state index < -0.39 is 40.6 Å². The first-order chi connectivity index (χ1) is 18.3. The van der Waals surface area contributed by atoms with Gasteiger partial charge in [-0.05, 0) is 51.5 Å². The van der Waals surface area contributed by atoms with Crippen molar-refractivity contribution in [3.05, 3.63) is 36.0 Å². The Morgan fingerprint density at radius 3 is 2.72 bits per heavy atom. The minimum absolute atomic E-state index is 0.0581. The molecule has 208 valence electrons. The van der Waals surface area contributed by atoms with Gasteiger partial charge in [-0.2, -0.15) is 18.4 Å². The highest BCUT2D eigenvalue weighted by Crippen LogP contribution is 2.75. The second kappa shape index (κ2) is 9.26. The quantitative estimate of drug-likeness (QED) is 0.625. The minimum atomic E-state index is -4.60. The number of amides is 2. The summed E-state index contributed by atoms with van der Waals surface area (Å²) >= 11 is 0. The second-order valence-corrected chi connectivity index (χ2v) is 11.5. The van der Waals surface area contributed by atoms with Crippen LogP contribution in [0.4, 0.5) is 23.7 Å². The molecule has 0 spiro atoms. The van der Waals surface area contributed by atoms with Crippen molar-refractivity contribution in [3.63, 3.8) is 0 Å². The van der Waals surface area contributed by atoms with Crippen LogP contribution in [-0.2, 0) is 14.3 Å². The van der Waals surface area contributed by atoms with Crippen LogP contribution in [-0.4, -0.2) is 79.1 Å². The van der Waals surface area contributed by atoms with Crippen LogP contribution >= 0.6 is 0 Å². The first kappa shape index (κ1) is 27.0. The molecule has 1 aromatic heterocycles. The highest BCUT2D eigenvalue weighted by Gasteiger charge is 2.86. The average molecular weight is 546 g/mol. The maximum atomic E-state index is 14.5. The summed E-state index contributed by atoms with van der Waals surface area (Å²) in [5.41, 5.74) is -3.36. The molecule has 9 nitrogen and oxygen atoms in total. The maximum absolute atomic E-state index is 14.5. The number of morpholine rings is 1. The molecule has 3 aliphatic rings. The smallest absolute Gasteiger partial charge is 0.410 e. The number of carbonyl (C=O) groups is 2. The van der Waals surface area contributed by atoms with E-state index in [9.17, 15) is 28.0 Å². The summed E-state index contributed by atoms with van der Waals surface area (Å²) in [7, 11) is 0. The zero-order valence-electron chi connectivity index (χ0n) is 22.0. The second-order valence-electron chi connectivity index (χ2n) is 11.5. The fourth-order valence-corrected chi connectivity index (χ4v) is 5.88. The van der Waals surface area contributed by atoms with Gasteiger partial charge in [-0.25, -0.2) is 4.79 Å². The number of alkyl halides is 3. The molecule has 3 atom stereocenters. The maximum Gasteiger partial charge on any atom is 0.410 e. The topological polar surface area (TPSA) is 108 Å². The summed E-state index contributed by atoms with van der Waals surface area (Å²) < 4.78 is 54.4. The Morgan fingerprint density at radius 1 is 1.26 bits per heavy atom. The van der Waals surface area contributed by atoms with E-state index >= 15 is 0 Å². The molecule has 3 fully saturated rings. The fraction of sp³-hybridized carbons (Fsp3) is 0.556. The number of ether oxygens (including phenoxy) is 2. The molecule has 1 aromatic carbocycles. The third-order valence-electron chi connectivity index (χ3n) is 7.86. The van der Waals surface area contributed by atoms with Crippen molar-refractivity contribution < 1.29 is 32.2 Å². The van der Waals surface area contributed by atoms with Crippen molar-refractivity contribution in [1.29, 1.82) is 5.26 Å². The van der Waals surface area contributed by atoms with Gasteiger partial charge < -0.3 is 19.7 Å². The monoisotopic (exact) mass is 545 g/mol. The lowest BCUT2D eigenvalue weighted by Gasteiger charge is -2.36. The summed E-state index contributed by atoms with van der Waals surface area (Å²) in [6.07, 6.45) is -3.95. The van der Waals surface area contributed by atoms with Crippen LogP contribution < -0.4 is 10.2 Å². The Hall–Kier alpha value is -3.59. The van der Waals surface area contributed by atoms with E-state index in [1.807, 2.05) is 0 Å². The number of rotatable bonds is 4. The average Bonchev–Trinajstić information content (AvgIpc) is 3.43. The van der Waals surface area contributed by atoms with Gasteiger partial charge in [0.05, 0.1) is 35.8 Å². The normalized spacial score (nSPS) is 26.6. The molecule has 1 aliphatic carbocycles. The zero-order valence-corrected chi connectivity index (χ0v) is 22.0. The molecule has 0 bridgehead atoms. The molecule has 2 aromatic rings. The molecule has 39 heavy (non-hydrogen) atoms. The summed E-state index contributed by atoms with van der Waals surface area (Å²) in [5.74, 6) is -0.701. The number of carbonyl (C=O) groups excluding carboxylic acids is 2. The molecule has 3 heterocycles. The van der Waals surface area contributed by atoms with Crippen LogP contribution in [0.15, 0.2) is 30.5 Å². The molecule has 1 saturated carbocycles. The molecule has 2 saturated heterocycles. The number of piperidine rings is 1. The summed E-state index contributed by atoms with van der Waals surface area (Å²) in [5, 5.41) is 12.7. The standard InChI is InChI=1S/C27H30F3N5O4/c1-24(2,3)39-23(37)35-9-10-38-13-18(35)12-33-22(36)25-14-26(25,27(28,29)30)16-34(15-25)20-7-6-17(11-31)21-19(20)5-4-8-32-21/h4-8,18H,9-10,12-16H2,1-3H3,(H,33,36)/t18-,25?,26?/m0/s1. The number of aromatic nitrogens is 1. The van der Waals surface area contributed by atoms with Gasteiger partial charge in [0, 0.05) is 43.4 Å². The molecule has 12 heteroatoms. The Balaban J connectivity index is 1.37. The lowest BCUT2D eigenvalue weighted by Crippen LogP contribution is -2.55. The zero-order chi connectivity index (χ0) is 28.2. The number of nitriles is 1. The molecule has 2 unspecified atom stereocenters. The number of nitrogens with zero attached hydrogens (tertiary/aromatic N) is 4. The number of hydrogen-bond acceptors (Lipinski definition) is 7. The van der Waals surface area contributed by atoms with E-state index in [2.05, 4.69) is 16.4 Å². The highest BCUT2D eigenvalue weighted by molar-refractivity contribution is 5.97. The van der Waals surface area contributed by atoms with E-state index in [4.69, 9.17) is 9.47 Å². The lowest BCUT2D eigenvalue weighted by molar-refractivity contribution is -0.191. The molecule has 5 rings (SSSR count). The number of anilines is 1. The highest BCUT2D eigenvalue weighted by atomic mass is 19.4. The van der Waals surface area contributed by atoms with Crippen molar-refractivity contribution in [2.24, 2.45) is 10.8 Å². The fourth-order valence-electron chi connectivity index (χ4n) is 5.88. The van der Waals surface area contributed by atoms with Gasteiger partial charge in [0.2, 0.25) is 5.91 Å². The van der Waals surface area contributed by atoms with Gasteiger partial charge >= 0.3 is 12.3 Å². The molecule has 1 N–H and O–H groups in total. The van der Waals surface area contributed by atoms with Gasteiger partial charge in [0.1, 0.15) is 17.1 Å². The van der Waals surface area contributed by atoms with Gasteiger partial charge in [-0.15, -0.1) is 0 Å². The van der Waals surface area contributed by atoms with Crippen LogP contribution in [0.25, 0.3) is 10.9 Å². The number of hydrogen-bond donors (Lipinski definition) is 1. The first-order valence-corrected chi connectivity index (χ1v) is 12.8. The lowest BCUT2D eigenvalue weighted by atomic mass is 9.94. The van der Waals surface area contributed by atoms with E-state index in [1.165, 1.54) is 17.2 Å². The number of benzene rings is 1. The van der Waals surface area contributed by atoms with E-state index in [0.29, 0.717) is 28.8 Å². The Labute approximate surface area is 223 Å². The predicted octanol–water partition coefficient (Wildman–Crippen LogP) is 3.62. The van der Waals surface area contributed by atoms with Gasteiger partial charge in [0.15, 0.2) is 0 Å². The number of pyridine rings is 1.